The summed E-state index contributed by atoms with van der Waals surface area (Å²) in [6.07, 6.45) is 0.818. The van der Waals surface area contributed by atoms with Gasteiger partial charge in [0.1, 0.15) is 0 Å². The summed E-state index contributed by atoms with van der Waals surface area (Å²) in [7, 11) is -3.35. The highest BCUT2D eigenvalue weighted by Gasteiger charge is 2.13. The van der Waals surface area contributed by atoms with Crippen LogP contribution in [-0.2, 0) is 14.6 Å². The van der Waals surface area contributed by atoms with Crippen LogP contribution in [0.3, 0.4) is 0 Å². The highest BCUT2D eigenvalue weighted by Crippen LogP contribution is 2.10. The highest BCUT2D eigenvalue weighted by molar-refractivity contribution is 7.94. The van der Waals surface area contributed by atoms with Crippen molar-refractivity contribution in [3.8, 4) is 0 Å². The minimum absolute atomic E-state index is 0.0825. The van der Waals surface area contributed by atoms with Crippen LogP contribution in [0, 0.1) is 0 Å². The van der Waals surface area contributed by atoms with Gasteiger partial charge in [-0.2, -0.15) is 0 Å². The molecule has 0 unspecified atom stereocenters. The van der Waals surface area contributed by atoms with Gasteiger partial charge in [0, 0.05) is 16.8 Å². The van der Waals surface area contributed by atoms with Gasteiger partial charge in [-0.15, -0.1) is 0 Å². The molecule has 0 saturated heterocycles. The number of sulfone groups is 1. The molecule has 0 bridgehead atoms. The molecule has 0 aromatic heterocycles. The van der Waals surface area contributed by atoms with Crippen LogP contribution < -0.4 is 5.32 Å². The molecule has 1 amide bonds. The molecule has 86 valence electrons. The van der Waals surface area contributed by atoms with E-state index in [4.69, 9.17) is 0 Å². The van der Waals surface area contributed by atoms with Crippen molar-refractivity contribution in [1.82, 2.24) is 0 Å². The summed E-state index contributed by atoms with van der Waals surface area (Å²) in [5.74, 6) is -0.387. The van der Waals surface area contributed by atoms with Gasteiger partial charge < -0.3 is 5.32 Å². The van der Waals surface area contributed by atoms with E-state index in [-0.39, 0.29) is 17.2 Å². The van der Waals surface area contributed by atoms with E-state index in [1.165, 1.54) is 0 Å². The predicted octanol–water partition coefficient (Wildman–Crippen LogP) is 1.57. The molecule has 0 aliphatic rings. The number of anilines is 1. The van der Waals surface area contributed by atoms with Gasteiger partial charge in [-0.1, -0.05) is 24.8 Å². The fourth-order valence-corrected chi connectivity index (χ4v) is 1.43. The van der Waals surface area contributed by atoms with E-state index in [9.17, 15) is 13.2 Å². The number of carbonyl (C=O) groups is 1. The topological polar surface area (TPSA) is 63.2 Å². The Morgan fingerprint density at radius 2 is 1.88 bits per heavy atom. The lowest BCUT2D eigenvalue weighted by molar-refractivity contribution is -0.115. The fourth-order valence-electron chi connectivity index (χ4n) is 1.04. The molecule has 1 rings (SSSR count). The molecular weight excluding hydrogens is 226 g/mol. The Kier molecular flexibility index (Phi) is 3.84. The number of amides is 1. The van der Waals surface area contributed by atoms with Crippen LogP contribution >= 0.6 is 0 Å². The first-order valence-electron chi connectivity index (χ1n) is 4.62. The van der Waals surface area contributed by atoms with Gasteiger partial charge in [0.05, 0.1) is 6.42 Å². The van der Waals surface area contributed by atoms with Crippen LogP contribution in [0.15, 0.2) is 41.8 Å². The van der Waals surface area contributed by atoms with E-state index in [0.29, 0.717) is 5.69 Å². The molecule has 1 N–H and O–H groups in total. The molecule has 5 heteroatoms. The quantitative estimate of drug-likeness (QED) is 0.867. The lowest BCUT2D eigenvalue weighted by Gasteiger charge is -2.05. The monoisotopic (exact) mass is 239 g/mol. The van der Waals surface area contributed by atoms with Crippen molar-refractivity contribution >= 4 is 21.4 Å². The van der Waals surface area contributed by atoms with Gasteiger partial charge in [0.15, 0.2) is 9.84 Å². The van der Waals surface area contributed by atoms with Crippen molar-refractivity contribution in [2.45, 2.75) is 6.42 Å². The largest absolute Gasteiger partial charge is 0.326 e. The summed E-state index contributed by atoms with van der Waals surface area (Å²) in [5.41, 5.74) is 0.633. The second kappa shape index (κ2) is 4.94. The molecular formula is C11H13NO3S. The zero-order valence-corrected chi connectivity index (χ0v) is 9.75. The number of rotatable bonds is 4. The average Bonchev–Trinajstić information content (AvgIpc) is 2.17. The van der Waals surface area contributed by atoms with E-state index in [1.54, 1.807) is 24.3 Å². The van der Waals surface area contributed by atoms with E-state index >= 15 is 0 Å². The summed E-state index contributed by atoms with van der Waals surface area (Å²) in [6.45, 7) is 3.36. The van der Waals surface area contributed by atoms with Crippen molar-refractivity contribution in [3.63, 3.8) is 0 Å². The third kappa shape index (κ3) is 3.86. The van der Waals surface area contributed by atoms with Crippen LogP contribution in [0.4, 0.5) is 5.69 Å². The Labute approximate surface area is 94.9 Å². The first-order valence-corrected chi connectivity index (χ1v) is 6.51. The number of carbonyl (C=O) groups excluding carboxylic acids is 1. The third-order valence-electron chi connectivity index (χ3n) is 1.94. The van der Waals surface area contributed by atoms with Gasteiger partial charge >= 0.3 is 0 Å². The minimum Gasteiger partial charge on any atom is -0.326 e. The Hall–Kier alpha value is -1.62. The molecule has 0 saturated carbocycles. The summed E-state index contributed by atoms with van der Waals surface area (Å²) in [5, 5.41) is 2.58. The molecule has 0 heterocycles. The molecule has 0 atom stereocenters. The maximum atomic E-state index is 11.4. The average molecular weight is 239 g/mol. The molecule has 1 aromatic rings. The molecule has 0 aliphatic heterocycles. The molecule has 16 heavy (non-hydrogen) atoms. The first kappa shape index (κ1) is 12.4. The molecule has 0 spiro atoms. The number of nitrogens with one attached hydrogen (secondary N) is 1. The van der Waals surface area contributed by atoms with Crippen molar-refractivity contribution in [2.75, 3.05) is 11.6 Å². The summed E-state index contributed by atoms with van der Waals surface area (Å²) in [6, 6.07) is 8.83. The summed E-state index contributed by atoms with van der Waals surface area (Å²) in [4.78, 5) is 11.4. The zero-order chi connectivity index (χ0) is 12.2. The summed E-state index contributed by atoms with van der Waals surface area (Å²) >= 11 is 0. The van der Waals surface area contributed by atoms with E-state index in [2.05, 4.69) is 11.9 Å². The highest BCUT2D eigenvalue weighted by atomic mass is 32.2. The second-order valence-electron chi connectivity index (χ2n) is 3.40. The summed E-state index contributed by atoms with van der Waals surface area (Å²) < 4.78 is 22.1. The van der Waals surface area contributed by atoms with Crippen molar-refractivity contribution in [1.29, 1.82) is 0 Å². The number of hydrogen-bond acceptors (Lipinski definition) is 3. The van der Waals surface area contributed by atoms with Crippen LogP contribution in [0.1, 0.15) is 6.42 Å². The van der Waals surface area contributed by atoms with E-state index in [1.807, 2.05) is 6.07 Å². The van der Waals surface area contributed by atoms with Crippen LogP contribution in [0.25, 0.3) is 0 Å². The normalized spacial score (nSPS) is 10.8. The van der Waals surface area contributed by atoms with Gasteiger partial charge in [0.2, 0.25) is 5.91 Å². The molecule has 0 fully saturated rings. The maximum absolute atomic E-state index is 11.4. The zero-order valence-electron chi connectivity index (χ0n) is 8.93. The van der Waals surface area contributed by atoms with Gasteiger partial charge in [-0.05, 0) is 12.1 Å². The van der Waals surface area contributed by atoms with Crippen molar-refractivity contribution < 1.29 is 13.2 Å². The SMILES string of the molecule is C=C(CC(=O)Nc1ccccc1)S(C)(=O)=O. The van der Waals surface area contributed by atoms with Gasteiger partial charge in [0.25, 0.3) is 0 Å². The van der Waals surface area contributed by atoms with Crippen LogP contribution in [0.5, 0.6) is 0 Å². The van der Waals surface area contributed by atoms with Crippen molar-refractivity contribution in [3.05, 3.63) is 41.8 Å². The van der Waals surface area contributed by atoms with Crippen LogP contribution in [0.2, 0.25) is 0 Å². The second-order valence-corrected chi connectivity index (χ2v) is 5.52. The van der Waals surface area contributed by atoms with Crippen LogP contribution in [-0.4, -0.2) is 20.6 Å². The minimum atomic E-state index is -3.35. The first-order chi connectivity index (χ1) is 7.39. The standard InChI is InChI=1S/C11H13NO3S/c1-9(16(2,14)15)8-11(13)12-10-6-4-3-5-7-10/h3-7H,1,8H2,2H3,(H,12,13). The number of para-hydroxylation sites is 1. The van der Waals surface area contributed by atoms with Gasteiger partial charge in [-0.25, -0.2) is 8.42 Å². The van der Waals surface area contributed by atoms with E-state index < -0.39 is 9.84 Å². The van der Waals surface area contributed by atoms with Gasteiger partial charge in [-0.3, -0.25) is 4.79 Å². The maximum Gasteiger partial charge on any atom is 0.229 e. The lowest BCUT2D eigenvalue weighted by Crippen LogP contribution is -2.14. The number of benzene rings is 1. The molecule has 0 radical (unpaired) electrons. The number of hydrogen-bond donors (Lipinski definition) is 1. The Balaban J connectivity index is 2.59. The Morgan fingerprint density at radius 3 is 2.38 bits per heavy atom. The predicted molar refractivity (Wildman–Crippen MR) is 63.7 cm³/mol. The molecule has 0 aliphatic carbocycles. The van der Waals surface area contributed by atoms with Crippen molar-refractivity contribution in [2.24, 2.45) is 0 Å². The molecule has 1 aromatic carbocycles. The molecule has 4 nitrogen and oxygen atoms in total. The van der Waals surface area contributed by atoms with E-state index in [0.717, 1.165) is 6.26 Å². The Bertz CT molecular complexity index is 491. The lowest BCUT2D eigenvalue weighted by atomic mass is 10.3. The third-order valence-corrected chi connectivity index (χ3v) is 3.13. The Morgan fingerprint density at radius 1 is 1.31 bits per heavy atom. The smallest absolute Gasteiger partial charge is 0.229 e. The fraction of sp³-hybridized carbons (Fsp3) is 0.182.